The van der Waals surface area contributed by atoms with Gasteiger partial charge in [-0.05, 0) is 26.0 Å². The molecule has 1 aromatic carbocycles. The van der Waals surface area contributed by atoms with Crippen LogP contribution in [0.3, 0.4) is 0 Å². The highest BCUT2D eigenvalue weighted by atomic mass is 32.1. The fourth-order valence-corrected chi connectivity index (χ4v) is 2.91. The lowest BCUT2D eigenvalue weighted by molar-refractivity contribution is 1.30. The Labute approximate surface area is 133 Å². The average Bonchev–Trinajstić information content (AvgIpc) is 2.89. The summed E-state index contributed by atoms with van der Waals surface area (Å²) in [5.41, 5.74) is 10.2. The van der Waals surface area contributed by atoms with E-state index >= 15 is 0 Å². The molecule has 2 aromatic heterocycles. The SMILES string of the molecule is Cc1ccc(-c2nc(N=C(N)c3ccncc3)sc2C)cc1. The second kappa shape index (κ2) is 6.07. The van der Waals surface area contributed by atoms with Gasteiger partial charge in [-0.15, -0.1) is 0 Å². The zero-order valence-corrected chi connectivity index (χ0v) is 13.3. The number of nitrogens with two attached hydrogens (primary N) is 1. The molecule has 2 heterocycles. The fraction of sp³-hybridized carbons (Fsp3) is 0.118. The summed E-state index contributed by atoms with van der Waals surface area (Å²) >= 11 is 1.54. The van der Waals surface area contributed by atoms with Crippen LogP contribution < -0.4 is 5.73 Å². The van der Waals surface area contributed by atoms with Gasteiger partial charge in [-0.25, -0.2) is 9.98 Å². The summed E-state index contributed by atoms with van der Waals surface area (Å²) in [5.74, 6) is 0.451. The second-order valence-electron chi connectivity index (χ2n) is 5.00. The molecule has 22 heavy (non-hydrogen) atoms. The molecule has 2 N–H and O–H groups in total. The van der Waals surface area contributed by atoms with Crippen LogP contribution in [0.1, 0.15) is 16.0 Å². The van der Waals surface area contributed by atoms with E-state index in [1.54, 1.807) is 23.7 Å². The Morgan fingerprint density at radius 2 is 1.73 bits per heavy atom. The smallest absolute Gasteiger partial charge is 0.211 e. The van der Waals surface area contributed by atoms with E-state index in [0.717, 1.165) is 21.7 Å². The van der Waals surface area contributed by atoms with Crippen LogP contribution in [0.5, 0.6) is 0 Å². The molecular formula is C17H16N4S. The standard InChI is InChI=1S/C17H16N4S/c1-11-3-5-13(6-4-11)15-12(2)22-17(20-15)21-16(18)14-7-9-19-10-8-14/h3-10H,1-2H3,(H2,18,20,21). The Balaban J connectivity index is 1.94. The van der Waals surface area contributed by atoms with Crippen molar-refractivity contribution in [3.8, 4) is 11.3 Å². The predicted octanol–water partition coefficient (Wildman–Crippen LogP) is 3.86. The third-order valence-electron chi connectivity index (χ3n) is 3.30. The molecule has 0 fully saturated rings. The number of aliphatic imine (C=N–C) groups is 1. The highest BCUT2D eigenvalue weighted by molar-refractivity contribution is 7.15. The van der Waals surface area contributed by atoms with E-state index in [1.807, 2.05) is 12.1 Å². The van der Waals surface area contributed by atoms with Gasteiger partial charge in [0.05, 0.1) is 5.69 Å². The molecule has 0 bridgehead atoms. The van der Waals surface area contributed by atoms with Gasteiger partial charge in [0.15, 0.2) is 0 Å². The first-order valence-corrected chi connectivity index (χ1v) is 7.74. The fourth-order valence-electron chi connectivity index (χ4n) is 2.10. The van der Waals surface area contributed by atoms with Crippen molar-refractivity contribution in [1.82, 2.24) is 9.97 Å². The molecule has 0 saturated carbocycles. The second-order valence-corrected chi connectivity index (χ2v) is 6.18. The molecular weight excluding hydrogens is 292 g/mol. The van der Waals surface area contributed by atoms with Crippen molar-refractivity contribution in [2.24, 2.45) is 10.7 Å². The summed E-state index contributed by atoms with van der Waals surface area (Å²) < 4.78 is 0. The minimum atomic E-state index is 0.451. The van der Waals surface area contributed by atoms with E-state index in [1.165, 1.54) is 5.56 Å². The van der Waals surface area contributed by atoms with Crippen LogP contribution in [0.15, 0.2) is 53.8 Å². The largest absolute Gasteiger partial charge is 0.383 e. The molecule has 0 radical (unpaired) electrons. The van der Waals surface area contributed by atoms with Crippen LogP contribution in [-0.2, 0) is 0 Å². The molecule has 3 rings (SSSR count). The number of aryl methyl sites for hydroxylation is 2. The Morgan fingerprint density at radius 1 is 1.05 bits per heavy atom. The number of hydrogen-bond acceptors (Lipinski definition) is 4. The lowest BCUT2D eigenvalue weighted by Gasteiger charge is -1.99. The normalized spacial score (nSPS) is 11.6. The maximum absolute atomic E-state index is 6.03. The Morgan fingerprint density at radius 3 is 2.41 bits per heavy atom. The zero-order valence-electron chi connectivity index (χ0n) is 12.4. The molecule has 0 aliphatic rings. The molecule has 110 valence electrons. The van der Waals surface area contributed by atoms with Crippen molar-refractivity contribution in [1.29, 1.82) is 0 Å². The lowest BCUT2D eigenvalue weighted by Crippen LogP contribution is -2.12. The molecule has 0 spiro atoms. The molecule has 0 saturated heterocycles. The van der Waals surface area contributed by atoms with Gasteiger partial charge in [0, 0.05) is 28.4 Å². The Kier molecular flexibility index (Phi) is 3.98. The van der Waals surface area contributed by atoms with Crippen molar-refractivity contribution in [3.63, 3.8) is 0 Å². The molecule has 0 amide bonds. The van der Waals surface area contributed by atoms with E-state index in [-0.39, 0.29) is 0 Å². The van der Waals surface area contributed by atoms with E-state index in [0.29, 0.717) is 11.0 Å². The maximum Gasteiger partial charge on any atom is 0.211 e. The number of benzene rings is 1. The minimum Gasteiger partial charge on any atom is -0.383 e. The van der Waals surface area contributed by atoms with Crippen molar-refractivity contribution in [2.75, 3.05) is 0 Å². The minimum absolute atomic E-state index is 0.451. The summed E-state index contributed by atoms with van der Waals surface area (Å²) in [6.45, 7) is 4.12. The van der Waals surface area contributed by atoms with Crippen molar-refractivity contribution < 1.29 is 0 Å². The Hall–Kier alpha value is -2.53. The topological polar surface area (TPSA) is 64.2 Å². The van der Waals surface area contributed by atoms with Crippen LogP contribution in [0.4, 0.5) is 5.13 Å². The number of hydrogen-bond donors (Lipinski definition) is 1. The number of pyridine rings is 1. The maximum atomic E-state index is 6.03. The molecule has 3 aromatic rings. The number of amidine groups is 1. The number of thiazole rings is 1. The van der Waals surface area contributed by atoms with E-state index < -0.39 is 0 Å². The summed E-state index contributed by atoms with van der Waals surface area (Å²) in [5, 5.41) is 0.669. The third-order valence-corrected chi connectivity index (χ3v) is 4.17. The van der Waals surface area contributed by atoms with Gasteiger partial charge in [0.1, 0.15) is 5.84 Å². The van der Waals surface area contributed by atoms with Crippen LogP contribution in [-0.4, -0.2) is 15.8 Å². The highest BCUT2D eigenvalue weighted by Crippen LogP contribution is 2.32. The average molecular weight is 308 g/mol. The molecule has 0 unspecified atom stereocenters. The Bertz CT molecular complexity index is 804. The van der Waals surface area contributed by atoms with Crippen LogP contribution in [0, 0.1) is 13.8 Å². The predicted molar refractivity (Wildman–Crippen MR) is 91.6 cm³/mol. The van der Waals surface area contributed by atoms with Gasteiger partial charge in [-0.3, -0.25) is 4.98 Å². The first-order chi connectivity index (χ1) is 10.6. The number of nitrogens with zero attached hydrogens (tertiary/aromatic N) is 3. The van der Waals surface area contributed by atoms with Gasteiger partial charge in [-0.1, -0.05) is 41.2 Å². The van der Waals surface area contributed by atoms with Gasteiger partial charge < -0.3 is 5.73 Å². The van der Waals surface area contributed by atoms with Crippen molar-refractivity contribution in [2.45, 2.75) is 13.8 Å². The van der Waals surface area contributed by atoms with E-state index in [9.17, 15) is 0 Å². The first-order valence-electron chi connectivity index (χ1n) is 6.92. The molecule has 0 atom stereocenters. The van der Waals surface area contributed by atoms with Gasteiger partial charge >= 0.3 is 0 Å². The monoisotopic (exact) mass is 308 g/mol. The van der Waals surface area contributed by atoms with Crippen LogP contribution in [0.25, 0.3) is 11.3 Å². The van der Waals surface area contributed by atoms with Gasteiger partial charge in [0.2, 0.25) is 5.13 Å². The molecule has 5 heteroatoms. The van der Waals surface area contributed by atoms with Crippen molar-refractivity contribution in [3.05, 3.63) is 64.8 Å². The van der Waals surface area contributed by atoms with Crippen LogP contribution >= 0.6 is 11.3 Å². The quantitative estimate of drug-likeness (QED) is 0.590. The van der Waals surface area contributed by atoms with Crippen molar-refractivity contribution >= 4 is 22.3 Å². The van der Waals surface area contributed by atoms with E-state index in [4.69, 9.17) is 5.73 Å². The summed E-state index contributed by atoms with van der Waals surface area (Å²) in [7, 11) is 0. The number of aromatic nitrogens is 2. The van der Waals surface area contributed by atoms with E-state index in [2.05, 4.69) is 53.1 Å². The third kappa shape index (κ3) is 3.04. The summed E-state index contributed by atoms with van der Waals surface area (Å²) in [4.78, 5) is 14.1. The van der Waals surface area contributed by atoms with Crippen LogP contribution in [0.2, 0.25) is 0 Å². The van der Waals surface area contributed by atoms with Gasteiger partial charge in [-0.2, -0.15) is 0 Å². The number of rotatable bonds is 3. The molecule has 4 nitrogen and oxygen atoms in total. The van der Waals surface area contributed by atoms with Gasteiger partial charge in [0.25, 0.3) is 0 Å². The highest BCUT2D eigenvalue weighted by Gasteiger charge is 2.10. The summed E-state index contributed by atoms with van der Waals surface area (Å²) in [6, 6.07) is 12.0. The lowest BCUT2D eigenvalue weighted by atomic mass is 10.1. The zero-order chi connectivity index (χ0) is 15.5. The molecule has 0 aliphatic carbocycles. The summed E-state index contributed by atoms with van der Waals surface area (Å²) in [6.07, 6.45) is 3.39. The molecule has 0 aliphatic heterocycles. The first kappa shape index (κ1) is 14.4.